The van der Waals surface area contributed by atoms with Gasteiger partial charge in [-0.05, 0) is 12.1 Å². The van der Waals surface area contributed by atoms with Gasteiger partial charge < -0.3 is 9.47 Å². The van der Waals surface area contributed by atoms with Gasteiger partial charge in [-0.25, -0.2) is 0 Å². The predicted octanol–water partition coefficient (Wildman–Crippen LogP) is 4.79. The van der Waals surface area contributed by atoms with E-state index in [1.807, 2.05) is 0 Å². The maximum absolute atomic E-state index is 10.8. The molecule has 0 atom stereocenters. The molecule has 5 nitrogen and oxygen atoms in total. The summed E-state index contributed by atoms with van der Waals surface area (Å²) in [5, 5.41) is 11.2. The first-order chi connectivity index (χ1) is 10.1. The lowest BCUT2D eigenvalue weighted by Crippen LogP contribution is -1.95. The number of nitrogens with zero attached hydrogens (tertiary/aromatic N) is 1. The monoisotopic (exact) mass is 327 g/mol. The van der Waals surface area contributed by atoms with Gasteiger partial charge in [-0.1, -0.05) is 23.7 Å². The number of benzene rings is 2. The third-order valence-corrected chi connectivity index (χ3v) is 3.35. The summed E-state index contributed by atoms with van der Waals surface area (Å²) in [6.07, 6.45) is 0. The lowest BCUT2D eigenvalue weighted by atomic mass is 10.2. The third-order valence-electron chi connectivity index (χ3n) is 2.76. The molecule has 0 bridgehead atoms. The molecule has 0 saturated heterocycles. The molecule has 0 amide bonds. The minimum absolute atomic E-state index is 0.0871. The molecule has 2 aromatic rings. The number of hydrogen-bond acceptors (Lipinski definition) is 4. The Balaban J connectivity index is 2.42. The zero-order valence-electron chi connectivity index (χ0n) is 11.0. The van der Waals surface area contributed by atoms with Crippen LogP contribution in [0.2, 0.25) is 5.02 Å². The van der Waals surface area contributed by atoms with E-state index in [4.69, 9.17) is 32.7 Å². The fourth-order valence-corrected chi connectivity index (χ4v) is 2.18. The number of nitro groups is 1. The highest BCUT2D eigenvalue weighted by Gasteiger charge is 2.15. The number of hydrogen-bond donors (Lipinski definition) is 0. The van der Waals surface area contributed by atoms with Crippen LogP contribution in [-0.4, -0.2) is 12.0 Å². The molecule has 0 heterocycles. The van der Waals surface area contributed by atoms with E-state index < -0.39 is 4.92 Å². The molecule has 110 valence electrons. The standard InChI is InChI=1S/C14H11Cl2NO4/c1-20-13-7-10(17(18)19)5-6-12(13)21-14-9(8-15)3-2-4-11(14)16/h2-7H,8H2,1H3. The van der Waals surface area contributed by atoms with Gasteiger partial charge in [0.15, 0.2) is 17.2 Å². The highest BCUT2D eigenvalue weighted by molar-refractivity contribution is 6.32. The van der Waals surface area contributed by atoms with Crippen LogP contribution < -0.4 is 9.47 Å². The van der Waals surface area contributed by atoms with Gasteiger partial charge in [-0.3, -0.25) is 10.1 Å². The van der Waals surface area contributed by atoms with Gasteiger partial charge in [0.2, 0.25) is 0 Å². The summed E-state index contributed by atoms with van der Waals surface area (Å²) in [5.74, 6) is 1.19. The predicted molar refractivity (Wildman–Crippen MR) is 80.7 cm³/mol. The molecule has 2 aromatic carbocycles. The van der Waals surface area contributed by atoms with Crippen LogP contribution in [0.5, 0.6) is 17.2 Å². The van der Waals surface area contributed by atoms with Gasteiger partial charge in [0.25, 0.3) is 5.69 Å². The van der Waals surface area contributed by atoms with Crippen molar-refractivity contribution < 1.29 is 14.4 Å². The van der Waals surface area contributed by atoms with Crippen molar-refractivity contribution in [3.63, 3.8) is 0 Å². The Labute approximate surface area is 131 Å². The summed E-state index contributed by atoms with van der Waals surface area (Å²) in [5.41, 5.74) is 0.625. The highest BCUT2D eigenvalue weighted by Crippen LogP contribution is 2.39. The van der Waals surface area contributed by atoms with Gasteiger partial charge >= 0.3 is 0 Å². The Bertz CT molecular complexity index is 676. The van der Waals surface area contributed by atoms with Gasteiger partial charge in [0.05, 0.1) is 29.0 Å². The number of alkyl halides is 1. The molecule has 0 unspecified atom stereocenters. The van der Waals surface area contributed by atoms with E-state index in [1.54, 1.807) is 18.2 Å². The van der Waals surface area contributed by atoms with Crippen molar-refractivity contribution in [1.29, 1.82) is 0 Å². The molecule has 0 spiro atoms. The smallest absolute Gasteiger partial charge is 0.273 e. The SMILES string of the molecule is COc1cc([N+](=O)[O-])ccc1Oc1c(Cl)cccc1CCl. The largest absolute Gasteiger partial charge is 0.493 e. The summed E-state index contributed by atoms with van der Waals surface area (Å²) in [6.45, 7) is 0. The Morgan fingerprint density at radius 1 is 1.24 bits per heavy atom. The molecule has 0 saturated carbocycles. The Morgan fingerprint density at radius 2 is 2.00 bits per heavy atom. The van der Waals surface area contributed by atoms with Crippen LogP contribution in [0.3, 0.4) is 0 Å². The molecule has 7 heteroatoms. The number of halogens is 2. The lowest BCUT2D eigenvalue weighted by molar-refractivity contribution is -0.384. The number of methoxy groups -OCH3 is 1. The molecule has 0 aliphatic rings. The first kappa shape index (κ1) is 15.4. The van der Waals surface area contributed by atoms with Crippen molar-refractivity contribution in [3.05, 3.63) is 57.1 Å². The quantitative estimate of drug-likeness (QED) is 0.450. The topological polar surface area (TPSA) is 61.6 Å². The summed E-state index contributed by atoms with van der Waals surface area (Å²) >= 11 is 12.0. The van der Waals surface area contributed by atoms with Gasteiger partial charge in [-0.15, -0.1) is 11.6 Å². The molecular weight excluding hydrogens is 317 g/mol. The number of rotatable bonds is 5. The third kappa shape index (κ3) is 3.37. The van der Waals surface area contributed by atoms with E-state index in [1.165, 1.54) is 25.3 Å². The Morgan fingerprint density at radius 3 is 2.62 bits per heavy atom. The van der Waals surface area contributed by atoms with Crippen LogP contribution in [-0.2, 0) is 5.88 Å². The van der Waals surface area contributed by atoms with Crippen LogP contribution in [0, 0.1) is 10.1 Å². The molecule has 0 aliphatic heterocycles. The zero-order valence-corrected chi connectivity index (χ0v) is 12.5. The number of non-ortho nitro benzene ring substituents is 1. The van der Waals surface area contributed by atoms with E-state index in [9.17, 15) is 10.1 Å². The van der Waals surface area contributed by atoms with Gasteiger partial charge in [0.1, 0.15) is 0 Å². The summed E-state index contributed by atoms with van der Waals surface area (Å²) < 4.78 is 10.8. The van der Waals surface area contributed by atoms with Crippen LogP contribution >= 0.6 is 23.2 Å². The van der Waals surface area contributed by atoms with E-state index in [-0.39, 0.29) is 17.3 Å². The maximum Gasteiger partial charge on any atom is 0.273 e. The molecule has 2 rings (SSSR count). The number of nitro benzene ring substituents is 1. The van der Waals surface area contributed by atoms with E-state index in [2.05, 4.69) is 0 Å². The molecule has 21 heavy (non-hydrogen) atoms. The lowest BCUT2D eigenvalue weighted by Gasteiger charge is -2.13. The summed E-state index contributed by atoms with van der Waals surface area (Å²) in [7, 11) is 1.40. The second-order valence-corrected chi connectivity index (χ2v) is 4.73. The number of ether oxygens (including phenoxy) is 2. The second kappa shape index (κ2) is 6.65. The van der Waals surface area contributed by atoms with Crippen LogP contribution in [0.25, 0.3) is 0 Å². The molecule has 0 fully saturated rings. The normalized spacial score (nSPS) is 10.2. The van der Waals surface area contributed by atoms with Crippen molar-refractivity contribution in [1.82, 2.24) is 0 Å². The minimum atomic E-state index is -0.508. The van der Waals surface area contributed by atoms with Crippen molar-refractivity contribution in [2.45, 2.75) is 5.88 Å². The maximum atomic E-state index is 10.8. The Hall–Kier alpha value is -1.98. The summed E-state index contributed by atoms with van der Waals surface area (Å²) in [6, 6.07) is 9.29. The van der Waals surface area contributed by atoms with E-state index >= 15 is 0 Å². The van der Waals surface area contributed by atoms with Crippen LogP contribution in [0.15, 0.2) is 36.4 Å². The Kier molecular flexibility index (Phi) is 4.88. The summed E-state index contributed by atoms with van der Waals surface area (Å²) in [4.78, 5) is 10.3. The average molecular weight is 328 g/mol. The van der Waals surface area contributed by atoms with Crippen LogP contribution in [0.1, 0.15) is 5.56 Å². The average Bonchev–Trinajstić information content (AvgIpc) is 2.49. The second-order valence-electron chi connectivity index (χ2n) is 4.06. The first-order valence-corrected chi connectivity index (χ1v) is 6.81. The molecule has 0 radical (unpaired) electrons. The van der Waals surface area contributed by atoms with Crippen molar-refractivity contribution in [2.24, 2.45) is 0 Å². The molecular formula is C14H11Cl2NO4. The van der Waals surface area contributed by atoms with Crippen molar-refractivity contribution >= 4 is 28.9 Å². The van der Waals surface area contributed by atoms with Crippen molar-refractivity contribution in [2.75, 3.05) is 7.11 Å². The fourth-order valence-electron chi connectivity index (χ4n) is 1.74. The van der Waals surface area contributed by atoms with Crippen LogP contribution in [0.4, 0.5) is 5.69 Å². The molecule has 0 aromatic heterocycles. The molecule has 0 aliphatic carbocycles. The fraction of sp³-hybridized carbons (Fsp3) is 0.143. The highest BCUT2D eigenvalue weighted by atomic mass is 35.5. The minimum Gasteiger partial charge on any atom is -0.493 e. The molecule has 0 N–H and O–H groups in total. The van der Waals surface area contributed by atoms with Gasteiger partial charge in [0, 0.05) is 11.6 Å². The van der Waals surface area contributed by atoms with Crippen molar-refractivity contribution in [3.8, 4) is 17.2 Å². The zero-order chi connectivity index (χ0) is 15.4. The van der Waals surface area contributed by atoms with E-state index in [0.717, 1.165) is 0 Å². The van der Waals surface area contributed by atoms with E-state index in [0.29, 0.717) is 22.1 Å². The number of para-hydroxylation sites is 1. The van der Waals surface area contributed by atoms with Gasteiger partial charge in [-0.2, -0.15) is 0 Å². The first-order valence-electron chi connectivity index (χ1n) is 5.90.